The maximum absolute atomic E-state index is 3.63. The lowest BCUT2D eigenvalue weighted by atomic mass is 9.90. The van der Waals surface area contributed by atoms with E-state index in [2.05, 4.69) is 54.7 Å². The molecule has 0 saturated carbocycles. The average Bonchev–Trinajstić information content (AvgIpc) is 2.46. The smallest absolute Gasteiger partial charge is 0.0403 e. The molecular weight excluding hydrogens is 230 g/mol. The van der Waals surface area contributed by atoms with Crippen molar-refractivity contribution in [2.24, 2.45) is 0 Å². The fraction of sp³-hybridized carbons (Fsp3) is 0.333. The van der Waals surface area contributed by atoms with Gasteiger partial charge in [-0.2, -0.15) is 0 Å². The number of anilines is 1. The second kappa shape index (κ2) is 5.48. The van der Waals surface area contributed by atoms with Crippen LogP contribution in [0.2, 0.25) is 0 Å². The van der Waals surface area contributed by atoms with Crippen molar-refractivity contribution in [2.75, 3.05) is 5.32 Å². The van der Waals surface area contributed by atoms with Gasteiger partial charge in [-0.05, 0) is 60.9 Å². The molecule has 0 fully saturated rings. The third-order valence-electron chi connectivity index (χ3n) is 4.13. The number of hydrogen-bond donors (Lipinski definition) is 1. The molecule has 2 aromatic carbocycles. The quantitative estimate of drug-likeness (QED) is 0.847. The summed E-state index contributed by atoms with van der Waals surface area (Å²) in [5, 5.41) is 3.63. The maximum Gasteiger partial charge on any atom is 0.0403 e. The Bertz CT molecular complexity index is 572. The Labute approximate surface area is 115 Å². The van der Waals surface area contributed by atoms with Gasteiger partial charge in [0.1, 0.15) is 0 Å². The van der Waals surface area contributed by atoms with Crippen molar-refractivity contribution in [1.29, 1.82) is 0 Å². The molecule has 19 heavy (non-hydrogen) atoms. The highest BCUT2D eigenvalue weighted by Gasteiger charge is 2.12. The van der Waals surface area contributed by atoms with Crippen LogP contribution in [0.3, 0.4) is 0 Å². The molecule has 1 N–H and O–H groups in total. The minimum atomic E-state index is 0.920. The summed E-state index contributed by atoms with van der Waals surface area (Å²) in [5.74, 6) is 0. The summed E-state index contributed by atoms with van der Waals surface area (Å²) in [7, 11) is 0. The fourth-order valence-electron chi connectivity index (χ4n) is 2.95. The lowest BCUT2D eigenvalue weighted by Gasteiger charge is -2.20. The molecule has 0 unspecified atom stereocenters. The molecule has 0 heterocycles. The summed E-state index contributed by atoms with van der Waals surface area (Å²) in [6, 6.07) is 15.3. The Hall–Kier alpha value is -1.76. The van der Waals surface area contributed by atoms with Crippen LogP contribution in [-0.2, 0) is 19.4 Å². The van der Waals surface area contributed by atoms with Gasteiger partial charge in [0.2, 0.25) is 0 Å². The Kier molecular flexibility index (Phi) is 3.54. The van der Waals surface area contributed by atoms with Crippen LogP contribution < -0.4 is 5.32 Å². The van der Waals surface area contributed by atoms with E-state index in [1.165, 1.54) is 42.5 Å². The summed E-state index contributed by atoms with van der Waals surface area (Å²) < 4.78 is 0. The first-order chi connectivity index (χ1) is 9.34. The number of nitrogens with one attached hydrogen (secondary N) is 1. The van der Waals surface area contributed by atoms with Crippen molar-refractivity contribution in [3.05, 3.63) is 64.7 Å². The Morgan fingerprint density at radius 3 is 2.68 bits per heavy atom. The van der Waals surface area contributed by atoms with Gasteiger partial charge in [0.15, 0.2) is 0 Å². The SMILES string of the molecule is Cc1ccccc1CNc1cccc2c1CCCC2. The van der Waals surface area contributed by atoms with Gasteiger partial charge in [-0.15, -0.1) is 0 Å². The fourth-order valence-corrected chi connectivity index (χ4v) is 2.95. The topological polar surface area (TPSA) is 12.0 Å². The summed E-state index contributed by atoms with van der Waals surface area (Å²) in [6.07, 6.45) is 5.14. The highest BCUT2D eigenvalue weighted by Crippen LogP contribution is 2.28. The van der Waals surface area contributed by atoms with E-state index >= 15 is 0 Å². The summed E-state index contributed by atoms with van der Waals surface area (Å²) in [5.41, 5.74) is 7.17. The van der Waals surface area contributed by atoms with Gasteiger partial charge in [0.25, 0.3) is 0 Å². The third-order valence-corrected chi connectivity index (χ3v) is 4.13. The van der Waals surface area contributed by atoms with E-state index in [1.807, 2.05) is 0 Å². The van der Waals surface area contributed by atoms with Gasteiger partial charge in [-0.1, -0.05) is 36.4 Å². The van der Waals surface area contributed by atoms with E-state index < -0.39 is 0 Å². The molecule has 0 saturated heterocycles. The Morgan fingerprint density at radius 1 is 0.947 bits per heavy atom. The third kappa shape index (κ3) is 2.65. The molecule has 1 heteroatoms. The largest absolute Gasteiger partial charge is 0.381 e. The Morgan fingerprint density at radius 2 is 1.79 bits per heavy atom. The standard InChI is InChI=1S/C18H21N/c1-14-7-2-3-9-16(14)13-19-18-12-6-10-15-8-4-5-11-17(15)18/h2-3,6-7,9-10,12,19H,4-5,8,11,13H2,1H3. The van der Waals surface area contributed by atoms with Gasteiger partial charge in [0, 0.05) is 12.2 Å². The molecule has 0 aliphatic heterocycles. The molecular formula is C18H21N. The average molecular weight is 251 g/mol. The molecule has 1 nitrogen and oxygen atoms in total. The van der Waals surface area contributed by atoms with Gasteiger partial charge >= 0.3 is 0 Å². The highest BCUT2D eigenvalue weighted by atomic mass is 14.9. The second-order valence-corrected chi connectivity index (χ2v) is 5.43. The monoisotopic (exact) mass is 251 g/mol. The number of rotatable bonds is 3. The molecule has 0 radical (unpaired) electrons. The normalized spacial score (nSPS) is 13.9. The number of fused-ring (bicyclic) bond motifs is 1. The lowest BCUT2D eigenvalue weighted by molar-refractivity contribution is 0.686. The zero-order valence-corrected chi connectivity index (χ0v) is 11.6. The van der Waals surface area contributed by atoms with Crippen LogP contribution >= 0.6 is 0 Å². The molecule has 0 amide bonds. The molecule has 1 aliphatic rings. The minimum absolute atomic E-state index is 0.920. The first-order valence-corrected chi connectivity index (χ1v) is 7.24. The molecule has 1 aliphatic carbocycles. The van der Waals surface area contributed by atoms with Crippen molar-refractivity contribution in [3.63, 3.8) is 0 Å². The zero-order chi connectivity index (χ0) is 13.1. The number of hydrogen-bond acceptors (Lipinski definition) is 1. The summed E-state index contributed by atoms with van der Waals surface area (Å²) in [4.78, 5) is 0. The van der Waals surface area contributed by atoms with E-state index in [0.29, 0.717) is 0 Å². The molecule has 0 bridgehead atoms. The van der Waals surface area contributed by atoms with Crippen LogP contribution in [0, 0.1) is 6.92 Å². The van der Waals surface area contributed by atoms with Gasteiger partial charge in [-0.25, -0.2) is 0 Å². The number of aryl methyl sites for hydroxylation is 2. The van der Waals surface area contributed by atoms with Crippen molar-refractivity contribution >= 4 is 5.69 Å². The van der Waals surface area contributed by atoms with Crippen LogP contribution in [0.1, 0.15) is 35.1 Å². The molecule has 3 rings (SSSR count). The first-order valence-electron chi connectivity index (χ1n) is 7.24. The summed E-state index contributed by atoms with van der Waals surface area (Å²) >= 11 is 0. The van der Waals surface area contributed by atoms with Crippen LogP contribution in [-0.4, -0.2) is 0 Å². The van der Waals surface area contributed by atoms with Gasteiger partial charge in [-0.3, -0.25) is 0 Å². The summed E-state index contributed by atoms with van der Waals surface area (Å²) in [6.45, 7) is 3.10. The predicted molar refractivity (Wildman–Crippen MR) is 81.6 cm³/mol. The second-order valence-electron chi connectivity index (χ2n) is 5.43. The number of benzene rings is 2. The van der Waals surface area contributed by atoms with E-state index in [4.69, 9.17) is 0 Å². The van der Waals surface area contributed by atoms with E-state index in [0.717, 1.165) is 6.54 Å². The molecule has 0 aromatic heterocycles. The van der Waals surface area contributed by atoms with E-state index in [-0.39, 0.29) is 0 Å². The van der Waals surface area contributed by atoms with Crippen LogP contribution in [0.5, 0.6) is 0 Å². The molecule has 0 atom stereocenters. The zero-order valence-electron chi connectivity index (χ0n) is 11.6. The highest BCUT2D eigenvalue weighted by molar-refractivity contribution is 5.56. The van der Waals surface area contributed by atoms with Crippen molar-refractivity contribution in [3.8, 4) is 0 Å². The lowest BCUT2D eigenvalue weighted by Crippen LogP contribution is -2.09. The van der Waals surface area contributed by atoms with Crippen molar-refractivity contribution < 1.29 is 0 Å². The maximum atomic E-state index is 3.63. The van der Waals surface area contributed by atoms with Gasteiger partial charge < -0.3 is 5.32 Å². The molecule has 2 aromatic rings. The molecule has 0 spiro atoms. The van der Waals surface area contributed by atoms with Gasteiger partial charge in [0.05, 0.1) is 0 Å². The van der Waals surface area contributed by atoms with E-state index in [1.54, 1.807) is 11.1 Å². The van der Waals surface area contributed by atoms with Crippen LogP contribution in [0.25, 0.3) is 0 Å². The van der Waals surface area contributed by atoms with Crippen molar-refractivity contribution in [1.82, 2.24) is 0 Å². The Balaban J connectivity index is 1.79. The first kappa shape index (κ1) is 12.3. The molecule has 98 valence electrons. The minimum Gasteiger partial charge on any atom is -0.381 e. The van der Waals surface area contributed by atoms with Crippen molar-refractivity contribution in [2.45, 2.75) is 39.2 Å². The van der Waals surface area contributed by atoms with E-state index in [9.17, 15) is 0 Å². The van der Waals surface area contributed by atoms with Crippen LogP contribution in [0.15, 0.2) is 42.5 Å². The van der Waals surface area contributed by atoms with Crippen LogP contribution in [0.4, 0.5) is 5.69 Å². The predicted octanol–water partition coefficient (Wildman–Crippen LogP) is 4.49.